The van der Waals surface area contributed by atoms with Crippen LogP contribution in [-0.4, -0.2) is 34.1 Å². The maximum absolute atomic E-state index is 5.17. The Kier molecular flexibility index (Phi) is 3.13. The van der Waals surface area contributed by atoms with Crippen LogP contribution >= 0.6 is 0 Å². The minimum atomic E-state index is 0.455. The average molecular weight is 231 g/mol. The third-order valence-corrected chi connectivity index (χ3v) is 2.28. The second kappa shape index (κ2) is 4.73. The van der Waals surface area contributed by atoms with Gasteiger partial charge in [-0.2, -0.15) is 0 Å². The van der Waals surface area contributed by atoms with Crippen molar-refractivity contribution in [2.75, 3.05) is 19.5 Å². The summed E-state index contributed by atoms with van der Waals surface area (Å²) in [6.07, 6.45) is 4.93. The Labute approximate surface area is 99.1 Å². The summed E-state index contributed by atoms with van der Waals surface area (Å²) in [4.78, 5) is 16.8. The van der Waals surface area contributed by atoms with E-state index in [1.165, 1.54) is 0 Å². The molecule has 0 aliphatic carbocycles. The van der Waals surface area contributed by atoms with E-state index in [1.54, 1.807) is 32.7 Å². The molecule has 0 amide bonds. The summed E-state index contributed by atoms with van der Waals surface area (Å²) in [6.45, 7) is 1.92. The second-order valence-electron chi connectivity index (χ2n) is 3.39. The minimum absolute atomic E-state index is 0.455. The molecule has 2 aromatic heterocycles. The molecule has 0 spiro atoms. The molecule has 17 heavy (non-hydrogen) atoms. The SMILES string of the molecule is CNc1ncc(C)c(-c2nccnc2OC)n1. The van der Waals surface area contributed by atoms with Crippen molar-refractivity contribution < 1.29 is 4.74 Å². The molecule has 2 rings (SSSR count). The molecule has 6 heteroatoms. The average Bonchev–Trinajstić information content (AvgIpc) is 2.39. The van der Waals surface area contributed by atoms with Crippen LogP contribution in [0.1, 0.15) is 5.56 Å². The van der Waals surface area contributed by atoms with Crippen LogP contribution in [0.5, 0.6) is 5.88 Å². The zero-order chi connectivity index (χ0) is 12.3. The van der Waals surface area contributed by atoms with Crippen LogP contribution in [-0.2, 0) is 0 Å². The van der Waals surface area contributed by atoms with Gasteiger partial charge in [0.05, 0.1) is 7.11 Å². The lowest BCUT2D eigenvalue weighted by Gasteiger charge is -2.08. The number of aryl methyl sites for hydroxylation is 1. The summed E-state index contributed by atoms with van der Waals surface area (Å²) in [7, 11) is 3.32. The molecule has 0 bridgehead atoms. The molecule has 0 aliphatic rings. The fourth-order valence-corrected chi connectivity index (χ4v) is 1.44. The van der Waals surface area contributed by atoms with Crippen LogP contribution in [0.15, 0.2) is 18.6 Å². The maximum atomic E-state index is 5.17. The smallest absolute Gasteiger partial charge is 0.241 e. The van der Waals surface area contributed by atoms with Crippen LogP contribution in [0.3, 0.4) is 0 Å². The quantitative estimate of drug-likeness (QED) is 0.858. The van der Waals surface area contributed by atoms with Gasteiger partial charge in [0.1, 0.15) is 5.69 Å². The molecule has 88 valence electrons. The predicted octanol–water partition coefficient (Wildman–Crippen LogP) is 1.29. The van der Waals surface area contributed by atoms with Crippen LogP contribution in [0.25, 0.3) is 11.4 Å². The number of nitrogens with zero attached hydrogens (tertiary/aromatic N) is 4. The number of hydrogen-bond donors (Lipinski definition) is 1. The van der Waals surface area contributed by atoms with E-state index in [4.69, 9.17) is 4.74 Å². The molecular weight excluding hydrogens is 218 g/mol. The van der Waals surface area contributed by atoms with Crippen LogP contribution in [0, 0.1) is 6.92 Å². The van der Waals surface area contributed by atoms with Gasteiger partial charge in [0, 0.05) is 25.6 Å². The van der Waals surface area contributed by atoms with Crippen molar-refractivity contribution in [2.24, 2.45) is 0 Å². The number of rotatable bonds is 3. The Morgan fingerprint density at radius 2 is 1.88 bits per heavy atom. The van der Waals surface area contributed by atoms with Crippen molar-refractivity contribution in [1.29, 1.82) is 0 Å². The normalized spacial score (nSPS) is 10.1. The highest BCUT2D eigenvalue weighted by Gasteiger charge is 2.13. The monoisotopic (exact) mass is 231 g/mol. The van der Waals surface area contributed by atoms with Gasteiger partial charge in [0.2, 0.25) is 11.8 Å². The number of methoxy groups -OCH3 is 1. The highest BCUT2D eigenvalue weighted by Crippen LogP contribution is 2.26. The molecule has 6 nitrogen and oxygen atoms in total. The van der Waals surface area contributed by atoms with Gasteiger partial charge in [0.15, 0.2) is 5.69 Å². The Hall–Kier alpha value is -2.24. The van der Waals surface area contributed by atoms with Crippen LogP contribution in [0.4, 0.5) is 5.95 Å². The lowest BCUT2D eigenvalue weighted by molar-refractivity contribution is 0.397. The first-order valence-electron chi connectivity index (χ1n) is 5.13. The standard InChI is InChI=1S/C11H13N5O/c1-7-6-15-11(12-2)16-8(7)9-10(17-3)14-5-4-13-9/h4-6H,1-3H3,(H,12,15,16). The molecule has 2 aromatic rings. The van der Waals surface area contributed by atoms with Gasteiger partial charge in [-0.05, 0) is 12.5 Å². The largest absolute Gasteiger partial charge is 0.479 e. The van der Waals surface area contributed by atoms with E-state index < -0.39 is 0 Å². The van der Waals surface area contributed by atoms with Gasteiger partial charge in [-0.3, -0.25) is 0 Å². The third-order valence-electron chi connectivity index (χ3n) is 2.28. The van der Waals surface area contributed by atoms with E-state index in [0.29, 0.717) is 23.2 Å². The molecule has 1 N–H and O–H groups in total. The highest BCUT2D eigenvalue weighted by atomic mass is 16.5. The van der Waals surface area contributed by atoms with Gasteiger partial charge in [-0.1, -0.05) is 0 Å². The summed E-state index contributed by atoms with van der Waals surface area (Å²) < 4.78 is 5.17. The third kappa shape index (κ3) is 2.15. The van der Waals surface area contributed by atoms with Gasteiger partial charge < -0.3 is 10.1 Å². The summed E-state index contributed by atoms with van der Waals surface area (Å²) in [5.74, 6) is 0.995. The zero-order valence-corrected chi connectivity index (χ0v) is 9.93. The zero-order valence-electron chi connectivity index (χ0n) is 9.93. The fraction of sp³-hybridized carbons (Fsp3) is 0.273. The van der Waals surface area contributed by atoms with E-state index >= 15 is 0 Å². The van der Waals surface area contributed by atoms with Crippen molar-refractivity contribution in [2.45, 2.75) is 6.92 Å². The van der Waals surface area contributed by atoms with Gasteiger partial charge in [-0.25, -0.2) is 19.9 Å². The van der Waals surface area contributed by atoms with Gasteiger partial charge in [-0.15, -0.1) is 0 Å². The number of ether oxygens (including phenoxy) is 1. The summed E-state index contributed by atoms with van der Waals surface area (Å²) >= 11 is 0. The Balaban J connectivity index is 2.59. The molecular formula is C11H13N5O. The second-order valence-corrected chi connectivity index (χ2v) is 3.39. The Morgan fingerprint density at radius 1 is 1.12 bits per heavy atom. The van der Waals surface area contributed by atoms with E-state index in [2.05, 4.69) is 25.3 Å². The lowest BCUT2D eigenvalue weighted by atomic mass is 10.2. The van der Waals surface area contributed by atoms with Crippen molar-refractivity contribution in [3.05, 3.63) is 24.2 Å². The van der Waals surface area contributed by atoms with Gasteiger partial charge in [0.25, 0.3) is 0 Å². The molecule has 0 radical (unpaired) electrons. The molecule has 0 aromatic carbocycles. The van der Waals surface area contributed by atoms with Gasteiger partial charge >= 0.3 is 0 Å². The van der Waals surface area contributed by atoms with Crippen molar-refractivity contribution in [1.82, 2.24) is 19.9 Å². The lowest BCUT2D eigenvalue weighted by Crippen LogP contribution is -2.02. The van der Waals surface area contributed by atoms with Crippen molar-refractivity contribution in [3.8, 4) is 17.3 Å². The highest BCUT2D eigenvalue weighted by molar-refractivity contribution is 5.64. The van der Waals surface area contributed by atoms with Crippen molar-refractivity contribution >= 4 is 5.95 Å². The summed E-state index contributed by atoms with van der Waals surface area (Å²) in [5, 5.41) is 2.89. The topological polar surface area (TPSA) is 72.8 Å². The molecule has 0 saturated carbocycles. The van der Waals surface area contributed by atoms with Crippen molar-refractivity contribution in [3.63, 3.8) is 0 Å². The molecule has 2 heterocycles. The van der Waals surface area contributed by atoms with Crippen LogP contribution in [0.2, 0.25) is 0 Å². The van der Waals surface area contributed by atoms with E-state index in [-0.39, 0.29) is 0 Å². The molecule has 0 unspecified atom stereocenters. The van der Waals surface area contributed by atoms with E-state index in [1.807, 2.05) is 6.92 Å². The summed E-state index contributed by atoms with van der Waals surface area (Å²) in [6, 6.07) is 0. The summed E-state index contributed by atoms with van der Waals surface area (Å²) in [5.41, 5.74) is 2.25. The first-order chi connectivity index (χ1) is 8.26. The van der Waals surface area contributed by atoms with Crippen LogP contribution < -0.4 is 10.1 Å². The molecule has 0 saturated heterocycles. The first-order valence-corrected chi connectivity index (χ1v) is 5.13. The number of hydrogen-bond acceptors (Lipinski definition) is 6. The Bertz CT molecular complexity index is 529. The molecule has 0 fully saturated rings. The molecule has 0 atom stereocenters. The predicted molar refractivity (Wildman–Crippen MR) is 63.9 cm³/mol. The van der Waals surface area contributed by atoms with E-state index in [0.717, 1.165) is 5.56 Å². The maximum Gasteiger partial charge on any atom is 0.241 e. The number of aromatic nitrogens is 4. The fourth-order valence-electron chi connectivity index (χ4n) is 1.44. The molecule has 0 aliphatic heterocycles. The van der Waals surface area contributed by atoms with E-state index in [9.17, 15) is 0 Å². The number of anilines is 1. The first kappa shape index (κ1) is 11.3. The minimum Gasteiger partial charge on any atom is -0.479 e. The Morgan fingerprint density at radius 3 is 2.59 bits per heavy atom. The number of nitrogens with one attached hydrogen (secondary N) is 1.